The van der Waals surface area contributed by atoms with Gasteiger partial charge in [-0.3, -0.25) is 4.99 Å². The van der Waals surface area contributed by atoms with Crippen LogP contribution in [-0.2, 0) is 14.2 Å². The molecule has 25 heavy (non-hydrogen) atoms. The van der Waals surface area contributed by atoms with Gasteiger partial charge in [-0.15, -0.1) is 0 Å². The van der Waals surface area contributed by atoms with Gasteiger partial charge in [-0.25, -0.2) is 4.79 Å². The van der Waals surface area contributed by atoms with Crippen LogP contribution in [0.25, 0.3) is 0 Å². The average Bonchev–Trinajstić information content (AvgIpc) is 3.08. The van der Waals surface area contributed by atoms with Crippen LogP contribution in [0.2, 0.25) is 0 Å². The van der Waals surface area contributed by atoms with Gasteiger partial charge in [-0.2, -0.15) is 0 Å². The summed E-state index contributed by atoms with van der Waals surface area (Å²) in [7, 11) is 1.76. The monoisotopic (exact) mass is 356 g/mol. The predicted octanol–water partition coefficient (Wildman–Crippen LogP) is 0.966. The number of hydrogen-bond donors (Lipinski definition) is 2. The summed E-state index contributed by atoms with van der Waals surface area (Å²) in [4.78, 5) is 18.2. The number of carbonyl (C=O) groups excluding carboxylic acids is 1. The highest BCUT2D eigenvalue weighted by Gasteiger charge is 2.32. The van der Waals surface area contributed by atoms with Gasteiger partial charge in [0.1, 0.15) is 11.7 Å². The third-order valence-corrected chi connectivity index (χ3v) is 4.06. The van der Waals surface area contributed by atoms with E-state index in [1.807, 2.05) is 20.8 Å². The molecule has 0 bridgehead atoms. The standard InChI is InChI=1S/C17H32N4O4/c1-17(2,3)25-16(22)20-8-7-19-15(18-4)21-9-11-24-14(12-21)13-6-5-10-23-13/h13-14H,5-12H2,1-4H3,(H,18,19)(H,20,22). The lowest BCUT2D eigenvalue weighted by molar-refractivity contribution is -0.0816. The first kappa shape index (κ1) is 19.8. The fraction of sp³-hybridized carbons (Fsp3) is 0.882. The van der Waals surface area contributed by atoms with Crippen LogP contribution < -0.4 is 10.6 Å². The Kier molecular flexibility index (Phi) is 7.31. The summed E-state index contributed by atoms with van der Waals surface area (Å²) < 4.78 is 16.8. The number of ether oxygens (including phenoxy) is 3. The summed E-state index contributed by atoms with van der Waals surface area (Å²) in [6.07, 6.45) is 2.04. The Morgan fingerprint density at radius 1 is 1.20 bits per heavy atom. The number of rotatable bonds is 4. The number of hydrogen-bond acceptors (Lipinski definition) is 5. The summed E-state index contributed by atoms with van der Waals surface area (Å²) in [6.45, 7) is 9.63. The van der Waals surface area contributed by atoms with Crippen molar-refractivity contribution in [2.75, 3.05) is 46.4 Å². The smallest absolute Gasteiger partial charge is 0.407 e. The Labute approximate surface area is 150 Å². The maximum atomic E-state index is 11.6. The summed E-state index contributed by atoms with van der Waals surface area (Å²) in [5.74, 6) is 0.817. The van der Waals surface area contributed by atoms with E-state index in [4.69, 9.17) is 14.2 Å². The molecule has 2 aliphatic rings. The Hall–Kier alpha value is -1.54. The molecule has 0 aromatic heterocycles. The lowest BCUT2D eigenvalue weighted by atomic mass is 10.1. The molecule has 2 aliphatic heterocycles. The summed E-state index contributed by atoms with van der Waals surface area (Å²) >= 11 is 0. The minimum absolute atomic E-state index is 0.0923. The molecular weight excluding hydrogens is 324 g/mol. The number of amides is 1. The Bertz CT molecular complexity index is 458. The SMILES string of the molecule is CN=C(NCCNC(=O)OC(C)(C)C)N1CCOC(C2CCCO2)C1. The molecule has 2 atom stereocenters. The second kappa shape index (κ2) is 9.24. The molecule has 2 N–H and O–H groups in total. The molecule has 144 valence electrons. The average molecular weight is 356 g/mol. The largest absolute Gasteiger partial charge is 0.444 e. The molecule has 2 fully saturated rings. The maximum absolute atomic E-state index is 11.6. The van der Waals surface area contributed by atoms with Crippen molar-refractivity contribution in [3.63, 3.8) is 0 Å². The first-order valence-electron chi connectivity index (χ1n) is 9.04. The van der Waals surface area contributed by atoms with Crippen LogP contribution in [0.15, 0.2) is 4.99 Å². The van der Waals surface area contributed by atoms with Gasteiger partial charge in [0.05, 0.1) is 12.7 Å². The molecule has 0 aromatic rings. The minimum Gasteiger partial charge on any atom is -0.444 e. The quantitative estimate of drug-likeness (QED) is 0.444. The van der Waals surface area contributed by atoms with Crippen LogP contribution in [0.1, 0.15) is 33.6 Å². The molecule has 0 aliphatic carbocycles. The van der Waals surface area contributed by atoms with Gasteiger partial charge in [-0.05, 0) is 33.6 Å². The zero-order chi connectivity index (χ0) is 18.3. The van der Waals surface area contributed by atoms with Gasteiger partial charge in [-0.1, -0.05) is 0 Å². The second-order valence-electron chi connectivity index (χ2n) is 7.31. The first-order valence-corrected chi connectivity index (χ1v) is 9.04. The van der Waals surface area contributed by atoms with Gasteiger partial charge in [0.15, 0.2) is 5.96 Å². The molecule has 0 aromatic carbocycles. The van der Waals surface area contributed by atoms with E-state index in [1.54, 1.807) is 7.05 Å². The fourth-order valence-corrected chi connectivity index (χ4v) is 2.97. The summed E-state index contributed by atoms with van der Waals surface area (Å²) in [6, 6.07) is 0. The highest BCUT2D eigenvalue weighted by molar-refractivity contribution is 5.80. The van der Waals surface area contributed by atoms with Crippen LogP contribution in [0.3, 0.4) is 0 Å². The first-order chi connectivity index (χ1) is 11.9. The molecule has 2 saturated heterocycles. The van der Waals surface area contributed by atoms with Gasteiger partial charge in [0.25, 0.3) is 0 Å². The summed E-state index contributed by atoms with van der Waals surface area (Å²) in [5.41, 5.74) is -0.487. The zero-order valence-electron chi connectivity index (χ0n) is 15.8. The minimum atomic E-state index is -0.487. The van der Waals surface area contributed by atoms with Crippen molar-refractivity contribution >= 4 is 12.1 Å². The Balaban J connectivity index is 1.71. The van der Waals surface area contributed by atoms with E-state index in [9.17, 15) is 4.79 Å². The molecule has 0 spiro atoms. The number of aliphatic imine (C=N–C) groups is 1. The fourth-order valence-electron chi connectivity index (χ4n) is 2.97. The highest BCUT2D eigenvalue weighted by atomic mass is 16.6. The predicted molar refractivity (Wildman–Crippen MR) is 95.9 cm³/mol. The summed E-state index contributed by atoms with van der Waals surface area (Å²) in [5, 5.41) is 6.01. The topological polar surface area (TPSA) is 84.4 Å². The number of nitrogens with one attached hydrogen (secondary N) is 2. The second-order valence-corrected chi connectivity index (χ2v) is 7.31. The lowest BCUT2D eigenvalue weighted by Crippen LogP contribution is -2.54. The third kappa shape index (κ3) is 6.70. The van der Waals surface area contributed by atoms with Crippen LogP contribution in [0, 0.1) is 0 Å². The molecule has 2 rings (SSSR count). The number of morpholine rings is 1. The Morgan fingerprint density at radius 2 is 1.92 bits per heavy atom. The molecule has 0 radical (unpaired) electrons. The molecule has 1 amide bonds. The van der Waals surface area contributed by atoms with Crippen LogP contribution in [0.4, 0.5) is 4.79 Å². The normalized spacial score (nSPS) is 25.0. The highest BCUT2D eigenvalue weighted by Crippen LogP contribution is 2.20. The van der Waals surface area contributed by atoms with E-state index >= 15 is 0 Å². The van der Waals surface area contributed by atoms with E-state index in [-0.39, 0.29) is 12.2 Å². The van der Waals surface area contributed by atoms with Gasteiger partial charge in [0.2, 0.25) is 0 Å². The van der Waals surface area contributed by atoms with Crippen molar-refractivity contribution in [1.82, 2.24) is 15.5 Å². The third-order valence-electron chi connectivity index (χ3n) is 4.06. The van der Waals surface area contributed by atoms with Gasteiger partial charge in [0, 0.05) is 39.8 Å². The molecule has 2 heterocycles. The van der Waals surface area contributed by atoms with Gasteiger partial charge < -0.3 is 29.7 Å². The van der Waals surface area contributed by atoms with E-state index in [0.29, 0.717) is 19.7 Å². The molecule has 2 unspecified atom stereocenters. The van der Waals surface area contributed by atoms with E-state index in [1.165, 1.54) is 0 Å². The molecule has 8 nitrogen and oxygen atoms in total. The number of carbonyl (C=O) groups is 1. The lowest BCUT2D eigenvalue weighted by Gasteiger charge is -2.37. The van der Waals surface area contributed by atoms with Crippen LogP contribution in [0.5, 0.6) is 0 Å². The Morgan fingerprint density at radius 3 is 2.56 bits per heavy atom. The van der Waals surface area contributed by atoms with E-state index in [2.05, 4.69) is 20.5 Å². The van der Waals surface area contributed by atoms with Crippen molar-refractivity contribution in [3.8, 4) is 0 Å². The maximum Gasteiger partial charge on any atom is 0.407 e. The van der Waals surface area contributed by atoms with Crippen molar-refractivity contribution in [1.29, 1.82) is 0 Å². The molecule has 0 saturated carbocycles. The van der Waals surface area contributed by atoms with E-state index < -0.39 is 11.7 Å². The molecule has 8 heteroatoms. The molecular formula is C17H32N4O4. The van der Waals surface area contributed by atoms with Gasteiger partial charge >= 0.3 is 6.09 Å². The number of nitrogens with zero attached hydrogens (tertiary/aromatic N) is 2. The number of alkyl carbamates (subject to hydrolysis) is 1. The van der Waals surface area contributed by atoms with Crippen molar-refractivity contribution in [2.24, 2.45) is 4.99 Å². The number of guanidine groups is 1. The van der Waals surface area contributed by atoms with Crippen molar-refractivity contribution in [3.05, 3.63) is 0 Å². The zero-order valence-corrected chi connectivity index (χ0v) is 15.8. The van der Waals surface area contributed by atoms with E-state index in [0.717, 1.165) is 38.5 Å². The van der Waals surface area contributed by atoms with Crippen molar-refractivity contribution in [2.45, 2.75) is 51.4 Å². The van der Waals surface area contributed by atoms with Crippen LogP contribution >= 0.6 is 0 Å². The van der Waals surface area contributed by atoms with Crippen molar-refractivity contribution < 1.29 is 19.0 Å². The van der Waals surface area contributed by atoms with Crippen LogP contribution in [-0.4, -0.2) is 81.2 Å².